The number of hydrogen-bond acceptors (Lipinski definition) is 2. The largest absolute Gasteiger partial charge is 0.316 e. The molecule has 0 saturated carbocycles. The van der Waals surface area contributed by atoms with E-state index in [4.69, 9.17) is 11.6 Å². The highest BCUT2D eigenvalue weighted by Crippen LogP contribution is 2.31. The minimum absolute atomic E-state index is 0.773. The van der Waals surface area contributed by atoms with Gasteiger partial charge in [0.25, 0.3) is 0 Å². The summed E-state index contributed by atoms with van der Waals surface area (Å²) >= 11 is 6.13. The number of aryl methyl sites for hydroxylation is 2. The van der Waals surface area contributed by atoms with Crippen molar-refractivity contribution in [2.75, 3.05) is 7.05 Å². The Kier molecular flexibility index (Phi) is 4.84. The van der Waals surface area contributed by atoms with Crippen LogP contribution in [0.4, 0.5) is 0 Å². The molecule has 20 heavy (non-hydrogen) atoms. The van der Waals surface area contributed by atoms with E-state index < -0.39 is 0 Å². The maximum atomic E-state index is 6.13. The van der Waals surface area contributed by atoms with E-state index in [0.717, 1.165) is 30.2 Å². The molecular formula is C16H22ClN3. The van der Waals surface area contributed by atoms with E-state index in [1.165, 1.54) is 22.4 Å². The highest BCUT2D eigenvalue weighted by atomic mass is 35.5. The molecule has 0 aliphatic rings. The minimum Gasteiger partial charge on any atom is -0.316 e. The quantitative estimate of drug-likeness (QED) is 0.904. The van der Waals surface area contributed by atoms with Crippen molar-refractivity contribution in [2.45, 2.75) is 40.3 Å². The second kappa shape index (κ2) is 6.42. The smallest absolute Gasteiger partial charge is 0.0675 e. The Hall–Kier alpha value is -1.32. The van der Waals surface area contributed by atoms with Gasteiger partial charge in [-0.25, -0.2) is 0 Å². The van der Waals surface area contributed by atoms with E-state index in [0.29, 0.717) is 0 Å². The van der Waals surface area contributed by atoms with E-state index in [1.807, 2.05) is 19.2 Å². The van der Waals surface area contributed by atoms with Crippen molar-refractivity contribution in [1.29, 1.82) is 0 Å². The monoisotopic (exact) mass is 291 g/mol. The molecule has 0 saturated heterocycles. The van der Waals surface area contributed by atoms with Crippen molar-refractivity contribution in [1.82, 2.24) is 15.1 Å². The van der Waals surface area contributed by atoms with Crippen LogP contribution in [-0.4, -0.2) is 16.8 Å². The molecule has 2 rings (SSSR count). The van der Waals surface area contributed by atoms with Gasteiger partial charge in [0.05, 0.1) is 5.69 Å². The Balaban J connectivity index is 2.56. The third kappa shape index (κ3) is 2.89. The summed E-state index contributed by atoms with van der Waals surface area (Å²) in [6.45, 7) is 8.15. The standard InChI is InChI=1S/C16H22ClN3/c1-5-8-20-12(3)16(11(2)19-20)15-7-6-14(17)9-13(15)10-18-4/h6-7,9,18H,5,8,10H2,1-4H3. The number of halogens is 1. The molecule has 1 heterocycles. The van der Waals surface area contributed by atoms with Crippen LogP contribution in [0.2, 0.25) is 5.02 Å². The highest BCUT2D eigenvalue weighted by molar-refractivity contribution is 6.30. The maximum absolute atomic E-state index is 6.13. The second-order valence-electron chi connectivity index (χ2n) is 5.10. The highest BCUT2D eigenvalue weighted by Gasteiger charge is 2.16. The Bertz CT molecular complexity index is 602. The van der Waals surface area contributed by atoms with Crippen molar-refractivity contribution < 1.29 is 0 Å². The first-order chi connectivity index (χ1) is 9.58. The molecule has 0 radical (unpaired) electrons. The summed E-state index contributed by atoms with van der Waals surface area (Å²) in [4.78, 5) is 0. The van der Waals surface area contributed by atoms with Crippen molar-refractivity contribution in [3.05, 3.63) is 40.2 Å². The van der Waals surface area contributed by atoms with Crippen LogP contribution < -0.4 is 5.32 Å². The molecule has 0 atom stereocenters. The Morgan fingerprint density at radius 1 is 1.30 bits per heavy atom. The summed E-state index contributed by atoms with van der Waals surface area (Å²) in [6, 6.07) is 6.08. The predicted molar refractivity (Wildman–Crippen MR) is 85.2 cm³/mol. The van der Waals surface area contributed by atoms with Gasteiger partial charge >= 0.3 is 0 Å². The van der Waals surface area contributed by atoms with Crippen LogP contribution in [0.25, 0.3) is 11.1 Å². The Morgan fingerprint density at radius 3 is 2.70 bits per heavy atom. The third-order valence-electron chi connectivity index (χ3n) is 3.52. The average molecular weight is 292 g/mol. The Labute approximate surface area is 126 Å². The van der Waals surface area contributed by atoms with Gasteiger partial charge in [-0.15, -0.1) is 0 Å². The molecule has 2 aromatic rings. The van der Waals surface area contributed by atoms with Gasteiger partial charge in [0, 0.05) is 29.4 Å². The summed E-state index contributed by atoms with van der Waals surface area (Å²) in [6.07, 6.45) is 1.09. The van der Waals surface area contributed by atoms with Crippen LogP contribution in [0.15, 0.2) is 18.2 Å². The van der Waals surface area contributed by atoms with Crippen LogP contribution in [0.1, 0.15) is 30.3 Å². The minimum atomic E-state index is 0.773. The van der Waals surface area contributed by atoms with Crippen molar-refractivity contribution in [3.8, 4) is 11.1 Å². The van der Waals surface area contributed by atoms with Gasteiger partial charge in [0.2, 0.25) is 0 Å². The van der Waals surface area contributed by atoms with Gasteiger partial charge in [-0.05, 0) is 50.6 Å². The molecule has 0 fully saturated rings. The van der Waals surface area contributed by atoms with E-state index in [-0.39, 0.29) is 0 Å². The number of hydrogen-bond donors (Lipinski definition) is 1. The lowest BCUT2D eigenvalue weighted by Crippen LogP contribution is -2.07. The van der Waals surface area contributed by atoms with Crippen molar-refractivity contribution in [3.63, 3.8) is 0 Å². The first kappa shape index (κ1) is 15.1. The first-order valence-corrected chi connectivity index (χ1v) is 7.43. The molecule has 0 spiro atoms. The molecule has 0 amide bonds. The summed E-state index contributed by atoms with van der Waals surface area (Å²) in [7, 11) is 1.95. The fourth-order valence-electron chi connectivity index (χ4n) is 2.66. The molecule has 0 aliphatic heterocycles. The lowest BCUT2D eigenvalue weighted by atomic mass is 9.98. The molecule has 4 heteroatoms. The SMILES string of the molecule is CCCn1nc(C)c(-c2ccc(Cl)cc2CNC)c1C. The number of rotatable bonds is 5. The molecule has 1 aromatic heterocycles. The van der Waals surface area contributed by atoms with E-state index >= 15 is 0 Å². The van der Waals surface area contributed by atoms with E-state index in [9.17, 15) is 0 Å². The lowest BCUT2D eigenvalue weighted by Gasteiger charge is -2.11. The van der Waals surface area contributed by atoms with Crippen LogP contribution in [0, 0.1) is 13.8 Å². The van der Waals surface area contributed by atoms with Gasteiger partial charge in [0.1, 0.15) is 0 Å². The first-order valence-electron chi connectivity index (χ1n) is 7.05. The normalized spacial score (nSPS) is 11.1. The zero-order chi connectivity index (χ0) is 14.7. The maximum Gasteiger partial charge on any atom is 0.0675 e. The zero-order valence-electron chi connectivity index (χ0n) is 12.6. The van der Waals surface area contributed by atoms with Crippen LogP contribution in [0.5, 0.6) is 0 Å². The van der Waals surface area contributed by atoms with Crippen LogP contribution >= 0.6 is 11.6 Å². The summed E-state index contributed by atoms with van der Waals surface area (Å²) in [5.74, 6) is 0. The topological polar surface area (TPSA) is 29.9 Å². The van der Waals surface area contributed by atoms with Crippen LogP contribution in [-0.2, 0) is 13.1 Å². The number of benzene rings is 1. The molecule has 0 unspecified atom stereocenters. The average Bonchev–Trinajstić information content (AvgIpc) is 2.67. The van der Waals surface area contributed by atoms with Crippen molar-refractivity contribution in [2.24, 2.45) is 0 Å². The fourth-order valence-corrected chi connectivity index (χ4v) is 2.85. The predicted octanol–water partition coefficient (Wildman–Crippen LogP) is 3.95. The summed E-state index contributed by atoms with van der Waals surface area (Å²) < 4.78 is 2.10. The number of aromatic nitrogens is 2. The van der Waals surface area contributed by atoms with E-state index in [2.05, 4.69) is 41.9 Å². The van der Waals surface area contributed by atoms with Gasteiger partial charge in [0.15, 0.2) is 0 Å². The van der Waals surface area contributed by atoms with Crippen molar-refractivity contribution >= 4 is 11.6 Å². The molecular weight excluding hydrogens is 270 g/mol. The fraction of sp³-hybridized carbons (Fsp3) is 0.438. The molecule has 1 aromatic carbocycles. The van der Waals surface area contributed by atoms with E-state index in [1.54, 1.807) is 0 Å². The molecule has 0 aliphatic carbocycles. The van der Waals surface area contributed by atoms with Gasteiger partial charge in [-0.1, -0.05) is 24.6 Å². The molecule has 1 N–H and O–H groups in total. The van der Waals surface area contributed by atoms with Crippen LogP contribution in [0.3, 0.4) is 0 Å². The van der Waals surface area contributed by atoms with Gasteiger partial charge in [-0.2, -0.15) is 5.10 Å². The molecule has 108 valence electrons. The summed E-state index contributed by atoms with van der Waals surface area (Å²) in [5, 5.41) is 8.64. The molecule has 3 nitrogen and oxygen atoms in total. The zero-order valence-corrected chi connectivity index (χ0v) is 13.4. The van der Waals surface area contributed by atoms with Gasteiger partial charge in [-0.3, -0.25) is 4.68 Å². The number of nitrogens with one attached hydrogen (secondary N) is 1. The Morgan fingerprint density at radius 2 is 2.05 bits per heavy atom. The third-order valence-corrected chi connectivity index (χ3v) is 3.76. The molecule has 0 bridgehead atoms. The summed E-state index contributed by atoms with van der Waals surface area (Å²) in [5.41, 5.74) is 5.98. The number of nitrogens with zero attached hydrogens (tertiary/aromatic N) is 2. The second-order valence-corrected chi connectivity index (χ2v) is 5.54. The van der Waals surface area contributed by atoms with Gasteiger partial charge < -0.3 is 5.32 Å². The lowest BCUT2D eigenvalue weighted by molar-refractivity contribution is 0.583.